The number of hydrogen-bond acceptors (Lipinski definition) is 3. The first-order valence-corrected chi connectivity index (χ1v) is 6.00. The van der Waals surface area contributed by atoms with Crippen LogP contribution < -0.4 is 5.32 Å². The Labute approximate surface area is 99.7 Å². The van der Waals surface area contributed by atoms with Gasteiger partial charge in [-0.2, -0.15) is 0 Å². The third kappa shape index (κ3) is 2.08. The number of carbonyl (C=O) groups is 1. The van der Waals surface area contributed by atoms with E-state index in [0.29, 0.717) is 19.8 Å². The van der Waals surface area contributed by atoms with E-state index in [1.807, 2.05) is 12.3 Å². The molecule has 1 saturated heterocycles. The minimum atomic E-state index is 0.0332. The summed E-state index contributed by atoms with van der Waals surface area (Å²) >= 11 is 0. The zero-order valence-corrected chi connectivity index (χ0v) is 9.65. The summed E-state index contributed by atoms with van der Waals surface area (Å²) in [6.07, 6.45) is 2.96. The number of carbonyl (C=O) groups excluding carboxylic acids is 1. The summed E-state index contributed by atoms with van der Waals surface area (Å²) in [5, 5.41) is 2.85. The molecule has 5 nitrogen and oxygen atoms in total. The van der Waals surface area contributed by atoms with Gasteiger partial charge in [-0.05, 0) is 6.07 Å². The highest BCUT2D eigenvalue weighted by Crippen LogP contribution is 2.17. The van der Waals surface area contributed by atoms with Crippen molar-refractivity contribution in [2.45, 2.75) is 19.1 Å². The highest BCUT2D eigenvalue weighted by Gasteiger charge is 2.22. The topological polar surface area (TPSA) is 52.5 Å². The monoisotopic (exact) mass is 236 g/mol. The maximum absolute atomic E-state index is 11.6. The average molecular weight is 236 g/mol. The van der Waals surface area contributed by atoms with Crippen LogP contribution in [0.5, 0.6) is 0 Å². The highest BCUT2D eigenvalue weighted by atomic mass is 16.6. The molecule has 0 aliphatic carbocycles. The molecule has 2 aliphatic rings. The lowest BCUT2D eigenvalue weighted by Crippen LogP contribution is -2.35. The number of nitrogens with zero attached hydrogens (tertiary/aromatic N) is 1. The second-order valence-corrected chi connectivity index (χ2v) is 4.40. The minimum absolute atomic E-state index is 0.0332. The summed E-state index contributed by atoms with van der Waals surface area (Å²) in [7, 11) is 0. The Morgan fingerprint density at radius 2 is 2.41 bits per heavy atom. The zero-order valence-electron chi connectivity index (χ0n) is 9.65. The number of fused-ring (bicyclic) bond motifs is 1. The first-order valence-electron chi connectivity index (χ1n) is 6.00. The Bertz CT molecular complexity index is 421. The molecule has 17 heavy (non-hydrogen) atoms. The summed E-state index contributed by atoms with van der Waals surface area (Å²) in [4.78, 5) is 11.6. The second-order valence-electron chi connectivity index (χ2n) is 4.40. The highest BCUT2D eigenvalue weighted by molar-refractivity contribution is 5.96. The van der Waals surface area contributed by atoms with Gasteiger partial charge in [-0.25, -0.2) is 0 Å². The lowest BCUT2D eigenvalue weighted by Gasteiger charge is -2.25. The van der Waals surface area contributed by atoms with Gasteiger partial charge in [0, 0.05) is 24.9 Å². The van der Waals surface area contributed by atoms with E-state index in [0.717, 1.165) is 30.8 Å². The van der Waals surface area contributed by atoms with Crippen LogP contribution in [0.25, 0.3) is 0 Å². The third-order valence-corrected chi connectivity index (χ3v) is 3.26. The van der Waals surface area contributed by atoms with Gasteiger partial charge in [-0.3, -0.25) is 4.79 Å². The predicted molar refractivity (Wildman–Crippen MR) is 61.0 cm³/mol. The van der Waals surface area contributed by atoms with Crippen LogP contribution in [0.15, 0.2) is 12.3 Å². The molecule has 1 aromatic heterocycles. The van der Waals surface area contributed by atoms with Crippen molar-refractivity contribution >= 4 is 5.91 Å². The van der Waals surface area contributed by atoms with Gasteiger partial charge < -0.3 is 19.4 Å². The largest absolute Gasteiger partial charge is 0.376 e. The van der Waals surface area contributed by atoms with Crippen LogP contribution in [0.4, 0.5) is 0 Å². The van der Waals surface area contributed by atoms with Crippen molar-refractivity contribution in [2.75, 3.05) is 26.4 Å². The van der Waals surface area contributed by atoms with Gasteiger partial charge in [-0.1, -0.05) is 0 Å². The van der Waals surface area contributed by atoms with Gasteiger partial charge in [0.2, 0.25) is 0 Å². The minimum Gasteiger partial charge on any atom is -0.376 e. The van der Waals surface area contributed by atoms with E-state index < -0.39 is 0 Å². The second kappa shape index (κ2) is 4.50. The lowest BCUT2D eigenvalue weighted by atomic mass is 10.1. The quantitative estimate of drug-likeness (QED) is 0.797. The van der Waals surface area contributed by atoms with Crippen LogP contribution in [0, 0.1) is 0 Å². The summed E-state index contributed by atoms with van der Waals surface area (Å²) in [5.41, 5.74) is 1.91. The smallest absolute Gasteiger partial charge is 0.253 e. The van der Waals surface area contributed by atoms with E-state index in [-0.39, 0.29) is 12.0 Å². The van der Waals surface area contributed by atoms with Gasteiger partial charge in [0.1, 0.15) is 0 Å². The third-order valence-electron chi connectivity index (χ3n) is 3.26. The summed E-state index contributed by atoms with van der Waals surface area (Å²) in [5.74, 6) is 0.0332. The molecular formula is C12H16N2O3. The van der Waals surface area contributed by atoms with Gasteiger partial charge in [0.05, 0.1) is 38.0 Å². The van der Waals surface area contributed by atoms with Crippen molar-refractivity contribution in [3.63, 3.8) is 0 Å². The maximum atomic E-state index is 11.6. The molecule has 1 amide bonds. The SMILES string of the molecule is O=C1NCCc2c1ccn2C[C@H]1COCCO1. The van der Waals surface area contributed by atoms with Crippen LogP contribution in [-0.4, -0.2) is 42.9 Å². The van der Waals surface area contributed by atoms with Crippen molar-refractivity contribution in [1.82, 2.24) is 9.88 Å². The van der Waals surface area contributed by atoms with Crippen LogP contribution >= 0.6 is 0 Å². The van der Waals surface area contributed by atoms with Gasteiger partial charge in [-0.15, -0.1) is 0 Å². The van der Waals surface area contributed by atoms with E-state index in [2.05, 4.69) is 9.88 Å². The molecule has 0 aromatic carbocycles. The number of rotatable bonds is 2. The molecule has 1 aromatic rings. The number of hydrogen-bond donors (Lipinski definition) is 1. The van der Waals surface area contributed by atoms with Crippen LogP contribution in [-0.2, 0) is 22.4 Å². The van der Waals surface area contributed by atoms with Crippen LogP contribution in [0.1, 0.15) is 16.1 Å². The fourth-order valence-electron chi connectivity index (χ4n) is 2.41. The van der Waals surface area contributed by atoms with Crippen molar-refractivity contribution in [3.8, 4) is 0 Å². The Kier molecular flexibility index (Phi) is 2.86. The first-order chi connectivity index (χ1) is 8.34. The summed E-state index contributed by atoms with van der Waals surface area (Å²) < 4.78 is 13.1. The van der Waals surface area contributed by atoms with Crippen LogP contribution in [0.3, 0.4) is 0 Å². The standard InChI is InChI=1S/C12H16N2O3/c15-12-10-2-4-14(11(10)1-3-13-12)7-9-8-16-5-6-17-9/h2,4,9H,1,3,5-8H2,(H,13,15)/t9-/m0/s1. The molecule has 3 heterocycles. The molecule has 1 atom stereocenters. The number of amides is 1. The Morgan fingerprint density at radius 1 is 1.47 bits per heavy atom. The van der Waals surface area contributed by atoms with Crippen molar-refractivity contribution in [2.24, 2.45) is 0 Å². The molecule has 3 rings (SSSR count). The molecule has 92 valence electrons. The molecular weight excluding hydrogens is 220 g/mol. The summed E-state index contributed by atoms with van der Waals surface area (Å²) in [6, 6.07) is 1.88. The van der Waals surface area contributed by atoms with Gasteiger partial charge in [0.15, 0.2) is 0 Å². The Morgan fingerprint density at radius 3 is 3.24 bits per heavy atom. The number of ether oxygens (including phenoxy) is 2. The van der Waals surface area contributed by atoms with Gasteiger partial charge >= 0.3 is 0 Å². The fourth-order valence-corrected chi connectivity index (χ4v) is 2.41. The Hall–Kier alpha value is -1.33. The van der Waals surface area contributed by atoms with Crippen molar-refractivity contribution < 1.29 is 14.3 Å². The number of nitrogens with one attached hydrogen (secondary N) is 1. The molecule has 0 saturated carbocycles. The fraction of sp³-hybridized carbons (Fsp3) is 0.583. The van der Waals surface area contributed by atoms with E-state index in [1.165, 1.54) is 0 Å². The molecule has 1 fully saturated rings. The molecule has 5 heteroatoms. The first kappa shape index (κ1) is 10.8. The maximum Gasteiger partial charge on any atom is 0.253 e. The number of aromatic nitrogens is 1. The summed E-state index contributed by atoms with van der Waals surface area (Å²) in [6.45, 7) is 3.47. The average Bonchev–Trinajstić information content (AvgIpc) is 2.76. The van der Waals surface area contributed by atoms with E-state index in [4.69, 9.17) is 9.47 Å². The Balaban J connectivity index is 1.77. The van der Waals surface area contributed by atoms with E-state index in [1.54, 1.807) is 0 Å². The van der Waals surface area contributed by atoms with Gasteiger partial charge in [0.25, 0.3) is 5.91 Å². The molecule has 0 spiro atoms. The van der Waals surface area contributed by atoms with Crippen molar-refractivity contribution in [1.29, 1.82) is 0 Å². The molecule has 0 unspecified atom stereocenters. The lowest BCUT2D eigenvalue weighted by molar-refractivity contribution is -0.0937. The normalized spacial score (nSPS) is 24.2. The van der Waals surface area contributed by atoms with E-state index >= 15 is 0 Å². The molecule has 0 radical (unpaired) electrons. The molecule has 1 N–H and O–H groups in total. The molecule has 2 aliphatic heterocycles. The van der Waals surface area contributed by atoms with Crippen LogP contribution in [0.2, 0.25) is 0 Å². The predicted octanol–water partition coefficient (Wildman–Crippen LogP) is 0.189. The molecule has 0 bridgehead atoms. The van der Waals surface area contributed by atoms with Crippen molar-refractivity contribution in [3.05, 3.63) is 23.5 Å². The van der Waals surface area contributed by atoms with E-state index in [9.17, 15) is 4.79 Å². The zero-order chi connectivity index (χ0) is 11.7.